The van der Waals surface area contributed by atoms with E-state index in [2.05, 4.69) is 5.32 Å². The highest BCUT2D eigenvalue weighted by Crippen LogP contribution is 2.23. The Labute approximate surface area is 110 Å². The van der Waals surface area contributed by atoms with Crippen LogP contribution in [0.2, 0.25) is 0 Å². The van der Waals surface area contributed by atoms with Gasteiger partial charge in [0, 0.05) is 11.4 Å². The predicted molar refractivity (Wildman–Crippen MR) is 69.2 cm³/mol. The van der Waals surface area contributed by atoms with Gasteiger partial charge in [0.15, 0.2) is 0 Å². The summed E-state index contributed by atoms with van der Waals surface area (Å²) in [4.78, 5) is 23.5. The Morgan fingerprint density at radius 3 is 2.44 bits per heavy atom. The van der Waals surface area contributed by atoms with Gasteiger partial charge in [0.05, 0.1) is 12.0 Å². The maximum atomic E-state index is 11.9. The van der Waals surface area contributed by atoms with E-state index in [9.17, 15) is 9.59 Å². The molecule has 0 radical (unpaired) electrons. The average Bonchev–Trinajstić information content (AvgIpc) is 2.71. The van der Waals surface area contributed by atoms with Crippen molar-refractivity contribution >= 4 is 23.2 Å². The molecule has 0 bridgehead atoms. The molecular weight excluding hydrogens is 254 g/mol. The van der Waals surface area contributed by atoms with Crippen molar-refractivity contribution in [2.24, 2.45) is 5.41 Å². The monoisotopic (exact) mass is 271 g/mol. The number of hydrogen-bond donors (Lipinski definition) is 2. The van der Waals surface area contributed by atoms with Crippen LogP contribution in [0.4, 0.5) is 0 Å². The van der Waals surface area contributed by atoms with Gasteiger partial charge in [-0.2, -0.15) is 0 Å². The molecule has 1 aromatic rings. The maximum absolute atomic E-state index is 11.9. The zero-order valence-corrected chi connectivity index (χ0v) is 11.6. The molecule has 0 saturated carbocycles. The molecule has 0 spiro atoms. The van der Waals surface area contributed by atoms with E-state index in [0.717, 1.165) is 0 Å². The molecule has 1 aromatic heterocycles. The van der Waals surface area contributed by atoms with Crippen molar-refractivity contribution in [3.63, 3.8) is 0 Å². The lowest BCUT2D eigenvalue weighted by Gasteiger charge is -2.27. The summed E-state index contributed by atoms with van der Waals surface area (Å²) in [5, 5.41) is 13.3. The summed E-state index contributed by atoms with van der Waals surface area (Å²) in [6.07, 6.45) is 0. The van der Waals surface area contributed by atoms with Crippen LogP contribution in [-0.4, -0.2) is 30.1 Å². The molecule has 18 heavy (non-hydrogen) atoms. The van der Waals surface area contributed by atoms with E-state index in [1.807, 2.05) is 0 Å². The smallest absolute Gasteiger partial charge is 0.326 e. The standard InChI is InChI=1S/C12H17NO4S/c1-12(2,3)9(11(15)16)13-10(14)8-5-7(17-4)6-18-8/h5-6,9H,1-4H3,(H,13,14)(H,15,16)/t9-/m0/s1. The number of carboxylic acids is 1. The topological polar surface area (TPSA) is 75.6 Å². The van der Waals surface area contributed by atoms with Crippen molar-refractivity contribution in [3.8, 4) is 5.75 Å². The van der Waals surface area contributed by atoms with Crippen LogP contribution in [0, 0.1) is 5.41 Å². The minimum Gasteiger partial charge on any atom is -0.496 e. The van der Waals surface area contributed by atoms with Crippen LogP contribution < -0.4 is 10.1 Å². The van der Waals surface area contributed by atoms with Crippen LogP contribution in [0.25, 0.3) is 0 Å². The zero-order chi connectivity index (χ0) is 13.9. The largest absolute Gasteiger partial charge is 0.496 e. The predicted octanol–water partition coefficient (Wildman–Crippen LogP) is 1.99. The van der Waals surface area contributed by atoms with Gasteiger partial charge >= 0.3 is 5.97 Å². The van der Waals surface area contributed by atoms with E-state index in [0.29, 0.717) is 10.6 Å². The van der Waals surface area contributed by atoms with Crippen LogP contribution in [-0.2, 0) is 4.79 Å². The second-order valence-corrected chi connectivity index (χ2v) is 5.87. The Morgan fingerprint density at radius 1 is 1.44 bits per heavy atom. The fraction of sp³-hybridized carbons (Fsp3) is 0.500. The third kappa shape index (κ3) is 3.46. The first-order chi connectivity index (χ1) is 8.25. The number of nitrogens with one attached hydrogen (secondary N) is 1. The molecular formula is C12H17NO4S. The first kappa shape index (κ1) is 14.5. The van der Waals surface area contributed by atoms with Crippen molar-refractivity contribution in [1.29, 1.82) is 0 Å². The zero-order valence-electron chi connectivity index (χ0n) is 10.8. The molecule has 6 heteroatoms. The minimum absolute atomic E-state index is 0.398. The van der Waals surface area contributed by atoms with E-state index < -0.39 is 23.3 Å². The number of carbonyl (C=O) groups excluding carboxylic acids is 1. The number of carbonyl (C=O) groups is 2. The van der Waals surface area contributed by atoms with Gasteiger partial charge in [0.2, 0.25) is 0 Å². The fourth-order valence-corrected chi connectivity index (χ4v) is 2.15. The van der Waals surface area contributed by atoms with Gasteiger partial charge in [-0.15, -0.1) is 11.3 Å². The van der Waals surface area contributed by atoms with Gasteiger partial charge in [-0.1, -0.05) is 20.8 Å². The average molecular weight is 271 g/mol. The Bertz CT molecular complexity index is 447. The Hall–Kier alpha value is -1.56. The number of rotatable bonds is 4. The minimum atomic E-state index is -1.04. The lowest BCUT2D eigenvalue weighted by atomic mass is 9.87. The molecule has 100 valence electrons. The Kier molecular flexibility index (Phi) is 4.34. The number of ether oxygens (including phenoxy) is 1. The molecule has 0 saturated heterocycles. The van der Waals surface area contributed by atoms with E-state index in [-0.39, 0.29) is 0 Å². The third-order valence-corrected chi connectivity index (χ3v) is 3.33. The number of amides is 1. The summed E-state index contributed by atoms with van der Waals surface area (Å²) in [7, 11) is 1.51. The Balaban J connectivity index is 2.82. The van der Waals surface area contributed by atoms with E-state index in [1.54, 1.807) is 32.2 Å². The molecule has 0 aliphatic heterocycles. The quantitative estimate of drug-likeness (QED) is 0.878. The van der Waals surface area contributed by atoms with Crippen LogP contribution in [0.5, 0.6) is 5.75 Å². The van der Waals surface area contributed by atoms with Crippen molar-refractivity contribution < 1.29 is 19.4 Å². The summed E-state index contributed by atoms with van der Waals surface area (Å²) in [6, 6.07) is 0.653. The lowest BCUT2D eigenvalue weighted by Crippen LogP contribution is -2.48. The lowest BCUT2D eigenvalue weighted by molar-refractivity contribution is -0.142. The van der Waals surface area contributed by atoms with Gasteiger partial charge in [0.1, 0.15) is 11.8 Å². The number of thiophene rings is 1. The normalized spacial score (nSPS) is 12.9. The van der Waals surface area contributed by atoms with Crippen LogP contribution >= 0.6 is 11.3 Å². The summed E-state index contributed by atoms with van der Waals surface area (Å²) in [5.41, 5.74) is -0.553. The summed E-state index contributed by atoms with van der Waals surface area (Å²) >= 11 is 1.22. The number of carboxylic acid groups (broad SMARTS) is 1. The summed E-state index contributed by atoms with van der Waals surface area (Å²) < 4.78 is 4.98. The van der Waals surface area contributed by atoms with Crippen molar-refractivity contribution in [2.45, 2.75) is 26.8 Å². The van der Waals surface area contributed by atoms with Crippen molar-refractivity contribution in [3.05, 3.63) is 16.3 Å². The molecule has 1 heterocycles. The SMILES string of the molecule is COc1csc(C(=O)N[C@@H](C(=O)O)C(C)(C)C)c1. The molecule has 0 aliphatic carbocycles. The van der Waals surface area contributed by atoms with Crippen molar-refractivity contribution in [1.82, 2.24) is 5.32 Å². The molecule has 0 fully saturated rings. The number of aliphatic carboxylic acids is 1. The highest BCUT2D eigenvalue weighted by Gasteiger charge is 2.33. The molecule has 2 N–H and O–H groups in total. The maximum Gasteiger partial charge on any atom is 0.326 e. The molecule has 5 nitrogen and oxygen atoms in total. The summed E-state index contributed by atoms with van der Waals surface area (Å²) in [6.45, 7) is 5.29. The molecule has 0 aliphatic rings. The second kappa shape index (κ2) is 5.39. The number of methoxy groups -OCH3 is 1. The van der Waals surface area contributed by atoms with Gasteiger partial charge < -0.3 is 15.2 Å². The van der Waals surface area contributed by atoms with Gasteiger partial charge in [-0.3, -0.25) is 4.79 Å². The van der Waals surface area contributed by atoms with E-state index in [4.69, 9.17) is 9.84 Å². The van der Waals surface area contributed by atoms with E-state index in [1.165, 1.54) is 18.4 Å². The van der Waals surface area contributed by atoms with Gasteiger partial charge in [0.25, 0.3) is 5.91 Å². The first-order valence-corrected chi connectivity index (χ1v) is 6.30. The fourth-order valence-electron chi connectivity index (χ4n) is 1.40. The molecule has 0 unspecified atom stereocenters. The molecule has 0 aromatic carbocycles. The van der Waals surface area contributed by atoms with E-state index >= 15 is 0 Å². The highest BCUT2D eigenvalue weighted by atomic mass is 32.1. The molecule has 1 atom stereocenters. The van der Waals surface area contributed by atoms with Gasteiger partial charge in [-0.25, -0.2) is 4.79 Å². The third-order valence-electron chi connectivity index (χ3n) is 2.42. The van der Waals surface area contributed by atoms with Gasteiger partial charge in [-0.05, 0) is 5.41 Å². The molecule has 1 rings (SSSR count). The summed E-state index contributed by atoms with van der Waals surface area (Å²) in [5.74, 6) is -0.849. The van der Waals surface area contributed by atoms with Crippen LogP contribution in [0.3, 0.4) is 0 Å². The Morgan fingerprint density at radius 2 is 2.06 bits per heavy atom. The van der Waals surface area contributed by atoms with Crippen LogP contribution in [0.15, 0.2) is 11.4 Å². The first-order valence-electron chi connectivity index (χ1n) is 5.42. The van der Waals surface area contributed by atoms with Crippen LogP contribution in [0.1, 0.15) is 30.4 Å². The molecule has 1 amide bonds. The number of hydrogen-bond acceptors (Lipinski definition) is 4. The highest BCUT2D eigenvalue weighted by molar-refractivity contribution is 7.12. The van der Waals surface area contributed by atoms with Crippen molar-refractivity contribution in [2.75, 3.05) is 7.11 Å². The second-order valence-electron chi connectivity index (χ2n) is 4.96.